The molecule has 1 aliphatic rings. The fourth-order valence-corrected chi connectivity index (χ4v) is 2.61. The van der Waals surface area contributed by atoms with Gasteiger partial charge in [0.05, 0.1) is 12.1 Å². The van der Waals surface area contributed by atoms with Crippen LogP contribution in [0.4, 0.5) is 0 Å². The number of nitrogens with one attached hydrogen (secondary N) is 1. The molecule has 1 fully saturated rings. The first-order valence-electron chi connectivity index (χ1n) is 5.83. The van der Waals surface area contributed by atoms with Crippen LogP contribution in [0.2, 0.25) is 10.0 Å². The summed E-state index contributed by atoms with van der Waals surface area (Å²) in [5.74, 6) is 0.894. The smallest absolute Gasteiger partial charge is 0.244 e. The highest BCUT2D eigenvalue weighted by atomic mass is 35.5. The quantitative estimate of drug-likeness (QED) is 0.891. The summed E-state index contributed by atoms with van der Waals surface area (Å²) in [5.41, 5.74) is 0.700. The van der Waals surface area contributed by atoms with E-state index in [1.807, 2.05) is 0 Å². The molecule has 2 heterocycles. The van der Waals surface area contributed by atoms with Crippen LogP contribution in [0.1, 0.15) is 18.4 Å². The van der Waals surface area contributed by atoms with Gasteiger partial charge in [-0.2, -0.15) is 4.98 Å². The van der Waals surface area contributed by atoms with Gasteiger partial charge >= 0.3 is 0 Å². The fourth-order valence-electron chi connectivity index (χ4n) is 2.08. The summed E-state index contributed by atoms with van der Waals surface area (Å²) < 4.78 is 5.21. The molecular weight excluding hydrogens is 289 g/mol. The van der Waals surface area contributed by atoms with Crippen LogP contribution >= 0.6 is 23.2 Å². The SMILES string of the molecule is O[C@H]1CN[C@@H](c2nc(-c3cc(Cl)cc(Cl)c3)no2)C1. The van der Waals surface area contributed by atoms with Gasteiger partial charge in [0.15, 0.2) is 0 Å². The summed E-state index contributed by atoms with van der Waals surface area (Å²) in [6.45, 7) is 0.533. The summed E-state index contributed by atoms with van der Waals surface area (Å²) in [5, 5.41) is 17.5. The fraction of sp³-hybridized carbons (Fsp3) is 0.333. The standard InChI is InChI=1S/C12H11Cl2N3O2/c13-7-1-6(2-8(14)3-7)11-16-12(19-17-11)10-4-9(18)5-15-10/h1-3,9-10,15,18H,4-5H2/t9-,10-/m1/s1. The first-order valence-corrected chi connectivity index (χ1v) is 6.59. The first kappa shape index (κ1) is 12.9. The molecule has 1 aromatic carbocycles. The van der Waals surface area contributed by atoms with Gasteiger partial charge < -0.3 is 14.9 Å². The van der Waals surface area contributed by atoms with E-state index in [1.54, 1.807) is 18.2 Å². The highest BCUT2D eigenvalue weighted by Crippen LogP contribution is 2.28. The Bertz CT molecular complexity index is 582. The van der Waals surface area contributed by atoms with Crippen molar-refractivity contribution in [2.45, 2.75) is 18.6 Å². The van der Waals surface area contributed by atoms with Gasteiger partial charge in [0, 0.05) is 22.2 Å². The average Bonchev–Trinajstić information content (AvgIpc) is 2.95. The maximum absolute atomic E-state index is 9.47. The molecule has 19 heavy (non-hydrogen) atoms. The molecule has 1 aromatic heterocycles. The van der Waals surface area contributed by atoms with Gasteiger partial charge in [-0.05, 0) is 24.6 Å². The maximum Gasteiger partial charge on any atom is 0.244 e. The molecule has 0 bridgehead atoms. The lowest BCUT2D eigenvalue weighted by Crippen LogP contribution is -2.15. The van der Waals surface area contributed by atoms with Crippen LogP contribution in [0.15, 0.2) is 22.7 Å². The highest BCUT2D eigenvalue weighted by Gasteiger charge is 2.28. The van der Waals surface area contributed by atoms with E-state index in [4.69, 9.17) is 27.7 Å². The van der Waals surface area contributed by atoms with E-state index >= 15 is 0 Å². The highest BCUT2D eigenvalue weighted by molar-refractivity contribution is 6.35. The monoisotopic (exact) mass is 299 g/mol. The number of hydrogen-bond donors (Lipinski definition) is 2. The molecule has 2 N–H and O–H groups in total. The Balaban J connectivity index is 1.88. The lowest BCUT2D eigenvalue weighted by Gasteiger charge is -2.01. The molecule has 1 aliphatic heterocycles. The molecule has 0 radical (unpaired) electrons. The molecule has 0 aliphatic carbocycles. The number of aromatic nitrogens is 2. The van der Waals surface area contributed by atoms with Crippen molar-refractivity contribution in [3.8, 4) is 11.4 Å². The molecule has 100 valence electrons. The van der Waals surface area contributed by atoms with Gasteiger partial charge in [0.2, 0.25) is 11.7 Å². The largest absolute Gasteiger partial charge is 0.392 e. The zero-order chi connectivity index (χ0) is 13.4. The molecule has 3 rings (SSSR count). The normalized spacial score (nSPS) is 22.9. The Kier molecular flexibility index (Phi) is 3.45. The molecule has 0 spiro atoms. The minimum atomic E-state index is -0.374. The predicted molar refractivity (Wildman–Crippen MR) is 71.1 cm³/mol. The van der Waals surface area contributed by atoms with Gasteiger partial charge in [0.25, 0.3) is 0 Å². The van der Waals surface area contributed by atoms with Gasteiger partial charge in [-0.25, -0.2) is 0 Å². The summed E-state index contributed by atoms with van der Waals surface area (Å²) >= 11 is 11.9. The molecular formula is C12H11Cl2N3O2. The van der Waals surface area contributed by atoms with E-state index in [1.165, 1.54) is 0 Å². The molecule has 0 unspecified atom stereocenters. The van der Waals surface area contributed by atoms with Crippen LogP contribution in [-0.2, 0) is 0 Å². The Hall–Kier alpha value is -1.14. The van der Waals surface area contributed by atoms with Crippen LogP contribution in [-0.4, -0.2) is 27.9 Å². The molecule has 0 amide bonds. The van der Waals surface area contributed by atoms with Crippen LogP contribution in [0, 0.1) is 0 Å². The number of rotatable bonds is 2. The summed E-state index contributed by atoms with van der Waals surface area (Å²) in [4.78, 5) is 4.31. The molecule has 1 saturated heterocycles. The van der Waals surface area contributed by atoms with Crippen LogP contribution < -0.4 is 5.32 Å². The van der Waals surface area contributed by atoms with Crippen molar-refractivity contribution in [1.82, 2.24) is 15.5 Å². The van der Waals surface area contributed by atoms with Gasteiger partial charge in [-0.15, -0.1) is 0 Å². The van der Waals surface area contributed by atoms with Crippen molar-refractivity contribution in [1.29, 1.82) is 0 Å². The van der Waals surface area contributed by atoms with E-state index in [9.17, 15) is 5.11 Å². The molecule has 7 heteroatoms. The number of halogens is 2. The second-order valence-electron chi connectivity index (χ2n) is 4.46. The third kappa shape index (κ3) is 2.74. The molecule has 2 aromatic rings. The van der Waals surface area contributed by atoms with Crippen LogP contribution in [0.3, 0.4) is 0 Å². The number of β-amino-alcohol motifs (C(OH)–C–C–N with tert-alkyl or cyclic N) is 1. The number of nitrogens with zero attached hydrogens (tertiary/aromatic N) is 2. The predicted octanol–water partition coefficient (Wildman–Crippen LogP) is 2.44. The zero-order valence-corrected chi connectivity index (χ0v) is 11.3. The summed E-state index contributed by atoms with van der Waals surface area (Å²) in [6.07, 6.45) is 0.193. The third-order valence-electron chi connectivity index (χ3n) is 2.97. The van der Waals surface area contributed by atoms with E-state index in [0.29, 0.717) is 40.3 Å². The third-order valence-corrected chi connectivity index (χ3v) is 3.40. The second kappa shape index (κ2) is 5.09. The van der Waals surface area contributed by atoms with Crippen molar-refractivity contribution in [2.24, 2.45) is 0 Å². The number of hydrogen-bond acceptors (Lipinski definition) is 5. The Morgan fingerprint density at radius 2 is 2.00 bits per heavy atom. The second-order valence-corrected chi connectivity index (χ2v) is 5.34. The Morgan fingerprint density at radius 3 is 2.63 bits per heavy atom. The van der Waals surface area contributed by atoms with E-state index in [2.05, 4.69) is 15.5 Å². The van der Waals surface area contributed by atoms with Crippen LogP contribution in [0.5, 0.6) is 0 Å². The average molecular weight is 300 g/mol. The number of aliphatic hydroxyl groups excluding tert-OH is 1. The molecule has 0 saturated carbocycles. The number of aliphatic hydroxyl groups is 1. The number of benzene rings is 1. The van der Waals surface area contributed by atoms with Crippen molar-refractivity contribution >= 4 is 23.2 Å². The minimum Gasteiger partial charge on any atom is -0.392 e. The van der Waals surface area contributed by atoms with E-state index in [0.717, 1.165) is 0 Å². The van der Waals surface area contributed by atoms with E-state index in [-0.39, 0.29) is 12.1 Å². The van der Waals surface area contributed by atoms with Gasteiger partial charge in [0.1, 0.15) is 0 Å². The van der Waals surface area contributed by atoms with Crippen LogP contribution in [0.25, 0.3) is 11.4 Å². The summed E-state index contributed by atoms with van der Waals surface area (Å²) in [6, 6.07) is 4.98. The first-order chi connectivity index (χ1) is 9.11. The van der Waals surface area contributed by atoms with Crippen molar-refractivity contribution < 1.29 is 9.63 Å². The van der Waals surface area contributed by atoms with Gasteiger partial charge in [-0.3, -0.25) is 0 Å². The van der Waals surface area contributed by atoms with Crippen molar-refractivity contribution in [3.63, 3.8) is 0 Å². The lowest BCUT2D eigenvalue weighted by atomic mass is 10.2. The topological polar surface area (TPSA) is 71.2 Å². The molecule has 5 nitrogen and oxygen atoms in total. The Morgan fingerprint density at radius 1 is 1.26 bits per heavy atom. The Labute approximate surface area is 119 Å². The van der Waals surface area contributed by atoms with Crippen molar-refractivity contribution in [2.75, 3.05) is 6.54 Å². The molecule has 2 atom stereocenters. The van der Waals surface area contributed by atoms with Crippen molar-refractivity contribution in [3.05, 3.63) is 34.1 Å². The van der Waals surface area contributed by atoms with Gasteiger partial charge in [-0.1, -0.05) is 28.4 Å². The lowest BCUT2D eigenvalue weighted by molar-refractivity contribution is 0.191. The zero-order valence-electron chi connectivity index (χ0n) is 9.81. The summed E-state index contributed by atoms with van der Waals surface area (Å²) in [7, 11) is 0. The minimum absolute atomic E-state index is 0.106. The maximum atomic E-state index is 9.47. The van der Waals surface area contributed by atoms with E-state index < -0.39 is 0 Å².